The fraction of sp³-hybridized carbons (Fsp3) is 0.407. The minimum atomic E-state index is -4.42. The van der Waals surface area contributed by atoms with E-state index in [1.807, 2.05) is 18.3 Å². The first-order valence-electron chi connectivity index (χ1n) is 12.0. The molecule has 1 atom stereocenters. The van der Waals surface area contributed by atoms with Gasteiger partial charge < -0.3 is 5.11 Å². The van der Waals surface area contributed by atoms with Crippen molar-refractivity contribution in [3.05, 3.63) is 58.9 Å². The number of pyridine rings is 1. The van der Waals surface area contributed by atoms with E-state index in [4.69, 9.17) is 0 Å². The Morgan fingerprint density at radius 1 is 1.08 bits per heavy atom. The van der Waals surface area contributed by atoms with Gasteiger partial charge >= 0.3 is 6.18 Å². The second-order valence-corrected chi connectivity index (χ2v) is 11.1. The van der Waals surface area contributed by atoms with Crippen LogP contribution in [0, 0.1) is 11.8 Å². The monoisotopic (exact) mass is 530 g/mol. The molecule has 4 heterocycles. The predicted octanol–water partition coefficient (Wildman–Crippen LogP) is 6.63. The average Bonchev–Trinajstić information content (AvgIpc) is 3.46. The van der Waals surface area contributed by atoms with Crippen molar-refractivity contribution < 1.29 is 23.1 Å². The fourth-order valence-corrected chi connectivity index (χ4v) is 4.92. The molecule has 0 amide bonds. The summed E-state index contributed by atoms with van der Waals surface area (Å²) >= 11 is 1.13. The van der Waals surface area contributed by atoms with Gasteiger partial charge in [-0.2, -0.15) is 18.3 Å². The molecule has 4 rings (SSSR count). The van der Waals surface area contributed by atoms with Crippen molar-refractivity contribution in [2.45, 2.75) is 58.7 Å². The van der Waals surface area contributed by atoms with E-state index >= 15 is 0 Å². The van der Waals surface area contributed by atoms with Crippen LogP contribution in [0.4, 0.5) is 13.2 Å². The molecule has 37 heavy (non-hydrogen) atoms. The SMILES string of the molecule is CC(C)[C@@H](CC(=O)c1cc(-c2cnn3cc(-c4ccc(CCC(C)(C)O)nc4)cnc23)cs1)C(F)(F)F. The van der Waals surface area contributed by atoms with Crippen LogP contribution in [-0.4, -0.2) is 42.2 Å². The van der Waals surface area contributed by atoms with Crippen LogP contribution in [0.5, 0.6) is 0 Å². The normalized spacial score (nSPS) is 13.4. The van der Waals surface area contributed by atoms with Gasteiger partial charge in [-0.25, -0.2) is 9.50 Å². The highest BCUT2D eigenvalue weighted by Gasteiger charge is 2.42. The molecule has 0 aromatic carbocycles. The molecule has 4 aromatic rings. The highest BCUT2D eigenvalue weighted by atomic mass is 32.1. The number of alkyl halides is 3. The van der Waals surface area contributed by atoms with E-state index in [2.05, 4.69) is 15.1 Å². The van der Waals surface area contributed by atoms with Gasteiger partial charge in [0.1, 0.15) is 0 Å². The lowest BCUT2D eigenvalue weighted by atomic mass is 9.89. The molecule has 0 unspecified atom stereocenters. The van der Waals surface area contributed by atoms with Crippen molar-refractivity contribution >= 4 is 22.8 Å². The van der Waals surface area contributed by atoms with Crippen LogP contribution >= 0.6 is 11.3 Å². The number of aryl methyl sites for hydroxylation is 1. The minimum Gasteiger partial charge on any atom is -0.390 e. The van der Waals surface area contributed by atoms with Gasteiger partial charge in [0.05, 0.1) is 22.6 Å². The second-order valence-electron chi connectivity index (χ2n) is 10.2. The van der Waals surface area contributed by atoms with Gasteiger partial charge in [-0.3, -0.25) is 9.78 Å². The molecule has 1 N–H and O–H groups in total. The lowest BCUT2D eigenvalue weighted by Crippen LogP contribution is -2.29. The third-order valence-corrected chi connectivity index (χ3v) is 7.29. The highest BCUT2D eigenvalue weighted by Crippen LogP contribution is 2.37. The van der Waals surface area contributed by atoms with Gasteiger partial charge in [-0.05, 0) is 55.7 Å². The molecule has 4 aromatic heterocycles. The maximum absolute atomic E-state index is 13.3. The van der Waals surface area contributed by atoms with Crippen LogP contribution < -0.4 is 0 Å². The van der Waals surface area contributed by atoms with E-state index in [9.17, 15) is 23.1 Å². The number of fused-ring (bicyclic) bond motifs is 1. The van der Waals surface area contributed by atoms with Crippen LogP contribution in [0.1, 0.15) is 55.9 Å². The van der Waals surface area contributed by atoms with Crippen molar-refractivity contribution in [2.24, 2.45) is 11.8 Å². The number of ketones is 1. The molecular weight excluding hydrogens is 501 g/mol. The van der Waals surface area contributed by atoms with Gasteiger partial charge in [0, 0.05) is 47.4 Å². The third-order valence-electron chi connectivity index (χ3n) is 6.32. The first kappa shape index (κ1) is 26.9. The zero-order valence-electron chi connectivity index (χ0n) is 21.1. The summed E-state index contributed by atoms with van der Waals surface area (Å²) in [4.78, 5) is 22.0. The Morgan fingerprint density at radius 3 is 2.43 bits per heavy atom. The summed E-state index contributed by atoms with van der Waals surface area (Å²) in [7, 11) is 0. The summed E-state index contributed by atoms with van der Waals surface area (Å²) in [5, 5.41) is 16.0. The number of aliphatic hydroxyl groups is 1. The Hall–Kier alpha value is -3.11. The largest absolute Gasteiger partial charge is 0.392 e. The molecular formula is C27H29F3N4O2S. The number of carbonyl (C=O) groups is 1. The first-order chi connectivity index (χ1) is 17.3. The average molecular weight is 531 g/mol. The quantitative estimate of drug-likeness (QED) is 0.246. The summed E-state index contributed by atoms with van der Waals surface area (Å²) in [6.45, 7) is 6.50. The van der Waals surface area contributed by atoms with Crippen LogP contribution in [0.15, 0.2) is 48.4 Å². The van der Waals surface area contributed by atoms with Crippen molar-refractivity contribution in [2.75, 3.05) is 0 Å². The number of halogens is 3. The van der Waals surface area contributed by atoms with Gasteiger partial charge in [0.2, 0.25) is 0 Å². The third kappa shape index (κ3) is 6.42. The lowest BCUT2D eigenvalue weighted by molar-refractivity contribution is -0.184. The first-order valence-corrected chi connectivity index (χ1v) is 12.9. The van der Waals surface area contributed by atoms with Gasteiger partial charge in [-0.15, -0.1) is 11.3 Å². The zero-order valence-corrected chi connectivity index (χ0v) is 21.9. The van der Waals surface area contributed by atoms with Crippen molar-refractivity contribution in [1.82, 2.24) is 19.6 Å². The molecule has 0 spiro atoms. The number of hydrogen-bond donors (Lipinski definition) is 1. The summed E-state index contributed by atoms with van der Waals surface area (Å²) in [6.07, 6.45) is 3.23. The molecule has 196 valence electrons. The van der Waals surface area contributed by atoms with Crippen LogP contribution in [0.25, 0.3) is 27.9 Å². The maximum atomic E-state index is 13.3. The molecule has 6 nitrogen and oxygen atoms in total. The van der Waals surface area contributed by atoms with Crippen molar-refractivity contribution in [1.29, 1.82) is 0 Å². The Labute approximate surface area is 217 Å². The van der Waals surface area contributed by atoms with Crippen LogP contribution in [0.3, 0.4) is 0 Å². The van der Waals surface area contributed by atoms with E-state index in [-0.39, 0.29) is 4.88 Å². The van der Waals surface area contributed by atoms with E-state index in [0.29, 0.717) is 29.6 Å². The fourth-order valence-electron chi connectivity index (χ4n) is 4.06. The van der Waals surface area contributed by atoms with Crippen molar-refractivity contribution in [3.63, 3.8) is 0 Å². The number of aromatic nitrogens is 4. The lowest BCUT2D eigenvalue weighted by Gasteiger charge is -2.22. The molecule has 0 radical (unpaired) electrons. The number of nitrogens with zero attached hydrogens (tertiary/aromatic N) is 4. The van der Waals surface area contributed by atoms with E-state index in [1.165, 1.54) is 13.8 Å². The van der Waals surface area contributed by atoms with E-state index < -0.39 is 35.8 Å². The number of Topliss-reactive ketones (excluding diaryl/α,β-unsaturated/α-hetero) is 1. The molecule has 0 saturated heterocycles. The number of carbonyl (C=O) groups excluding carboxylic acids is 1. The molecule has 10 heteroatoms. The summed E-state index contributed by atoms with van der Waals surface area (Å²) in [5.41, 5.74) is 3.78. The van der Waals surface area contributed by atoms with Gasteiger partial charge in [0.15, 0.2) is 11.4 Å². The molecule has 0 aliphatic heterocycles. The van der Waals surface area contributed by atoms with Gasteiger partial charge in [-0.1, -0.05) is 19.9 Å². The number of hydrogen-bond acceptors (Lipinski definition) is 6. The Kier molecular flexibility index (Phi) is 7.52. The molecule has 0 fully saturated rings. The zero-order chi connectivity index (χ0) is 27.0. The number of rotatable bonds is 9. The Balaban J connectivity index is 1.52. The summed E-state index contributed by atoms with van der Waals surface area (Å²) < 4.78 is 41.6. The summed E-state index contributed by atoms with van der Waals surface area (Å²) in [6, 6.07) is 5.48. The van der Waals surface area contributed by atoms with Crippen LogP contribution in [-0.2, 0) is 6.42 Å². The maximum Gasteiger partial charge on any atom is 0.392 e. The number of thiophene rings is 1. The highest BCUT2D eigenvalue weighted by molar-refractivity contribution is 7.12. The molecule has 0 aliphatic rings. The molecule has 0 aliphatic carbocycles. The Morgan fingerprint density at radius 2 is 1.81 bits per heavy atom. The second kappa shape index (κ2) is 10.3. The standard InChI is InChI=1S/C27H29F3N4O2S/c1-16(2)22(27(28,29)30)10-23(35)24-9-18(15-37-24)21-13-33-34-14-19(12-32-25(21)34)17-5-6-20(31-11-17)7-8-26(3,4)36/h5-6,9,11-16,22,36H,7-8,10H2,1-4H3/t22-/m1/s1. The predicted molar refractivity (Wildman–Crippen MR) is 137 cm³/mol. The topological polar surface area (TPSA) is 80.4 Å². The van der Waals surface area contributed by atoms with E-state index in [0.717, 1.165) is 28.2 Å². The van der Waals surface area contributed by atoms with Gasteiger partial charge in [0.25, 0.3) is 0 Å². The van der Waals surface area contributed by atoms with Crippen molar-refractivity contribution in [3.8, 4) is 22.3 Å². The van der Waals surface area contributed by atoms with Crippen LogP contribution in [0.2, 0.25) is 0 Å². The van der Waals surface area contributed by atoms with E-state index in [1.54, 1.807) is 48.4 Å². The Bertz CT molecular complexity index is 1390. The molecule has 0 bridgehead atoms. The minimum absolute atomic E-state index is 0.289. The smallest absolute Gasteiger partial charge is 0.390 e. The summed E-state index contributed by atoms with van der Waals surface area (Å²) in [5.74, 6) is -2.87. The molecule has 0 saturated carbocycles.